The van der Waals surface area contributed by atoms with Crippen LogP contribution < -0.4 is 9.47 Å². The molecule has 3 rings (SSSR count). The molecule has 1 heterocycles. The molecule has 2 unspecified atom stereocenters. The first kappa shape index (κ1) is 24.5. The Balaban J connectivity index is 1.48. The Morgan fingerprint density at radius 2 is 1.66 bits per heavy atom. The largest absolute Gasteiger partial charge is 0.490 e. The molecule has 0 amide bonds. The van der Waals surface area contributed by atoms with Gasteiger partial charge in [0.2, 0.25) is 5.82 Å². The molecule has 0 bridgehead atoms. The van der Waals surface area contributed by atoms with E-state index >= 15 is 0 Å². The minimum absolute atomic E-state index is 0.0449. The van der Waals surface area contributed by atoms with Crippen LogP contribution in [0.5, 0.6) is 11.5 Å². The Morgan fingerprint density at radius 1 is 0.875 bits per heavy atom. The standard InChI is InChI=1S/C27H36F2O3/c1-3-5-7-8-20-9-15-24(32-18-20)21-10-13-23(14-11-21)31-19-22-12-16-25(27(29)26(22)28)30-17-6-4-2/h10-14,16,20,24H,3-9,15,17-19H2,1-2H3. The molecular formula is C27H36F2O3. The quantitative estimate of drug-likeness (QED) is 0.312. The van der Waals surface area contributed by atoms with Crippen LogP contribution in [-0.2, 0) is 11.3 Å². The highest BCUT2D eigenvalue weighted by atomic mass is 19.2. The summed E-state index contributed by atoms with van der Waals surface area (Å²) in [5.41, 5.74) is 1.30. The van der Waals surface area contributed by atoms with Gasteiger partial charge in [-0.15, -0.1) is 0 Å². The van der Waals surface area contributed by atoms with Crippen LogP contribution in [0.25, 0.3) is 0 Å². The maximum absolute atomic E-state index is 14.4. The van der Waals surface area contributed by atoms with Crippen LogP contribution in [0.15, 0.2) is 36.4 Å². The summed E-state index contributed by atoms with van der Waals surface area (Å²) >= 11 is 0. The highest BCUT2D eigenvalue weighted by Crippen LogP contribution is 2.33. The second-order valence-electron chi connectivity index (χ2n) is 8.67. The molecule has 2 atom stereocenters. The van der Waals surface area contributed by atoms with Gasteiger partial charge >= 0.3 is 0 Å². The van der Waals surface area contributed by atoms with E-state index in [0.717, 1.165) is 31.4 Å². The molecule has 3 nitrogen and oxygen atoms in total. The fraction of sp³-hybridized carbons (Fsp3) is 0.556. The SMILES string of the molecule is CCCCCC1CCC(c2ccc(OCc3ccc(OCCCC)c(F)c3F)cc2)OC1. The fourth-order valence-electron chi connectivity index (χ4n) is 4.04. The molecule has 1 saturated heterocycles. The predicted octanol–water partition coefficient (Wildman–Crippen LogP) is 7.77. The van der Waals surface area contributed by atoms with E-state index in [9.17, 15) is 8.78 Å². The molecule has 1 aliphatic heterocycles. The third kappa shape index (κ3) is 6.93. The molecule has 0 N–H and O–H groups in total. The highest BCUT2D eigenvalue weighted by molar-refractivity contribution is 5.32. The molecule has 2 aromatic rings. The molecule has 32 heavy (non-hydrogen) atoms. The lowest BCUT2D eigenvalue weighted by Crippen LogP contribution is -2.20. The second-order valence-corrected chi connectivity index (χ2v) is 8.67. The molecule has 0 aromatic heterocycles. The van der Waals surface area contributed by atoms with Crippen LogP contribution >= 0.6 is 0 Å². The van der Waals surface area contributed by atoms with Crippen LogP contribution in [0, 0.1) is 17.6 Å². The molecule has 176 valence electrons. The van der Waals surface area contributed by atoms with E-state index in [-0.39, 0.29) is 24.0 Å². The molecule has 1 fully saturated rings. The first-order valence-electron chi connectivity index (χ1n) is 12.1. The van der Waals surface area contributed by atoms with Gasteiger partial charge in [0.1, 0.15) is 12.4 Å². The molecule has 5 heteroatoms. The van der Waals surface area contributed by atoms with Gasteiger partial charge in [-0.3, -0.25) is 0 Å². The Hall–Kier alpha value is -2.14. The number of benzene rings is 2. The van der Waals surface area contributed by atoms with Crippen LogP contribution in [0.2, 0.25) is 0 Å². The monoisotopic (exact) mass is 446 g/mol. The maximum atomic E-state index is 14.4. The van der Waals surface area contributed by atoms with E-state index < -0.39 is 11.6 Å². The predicted molar refractivity (Wildman–Crippen MR) is 123 cm³/mol. The Bertz CT molecular complexity index is 814. The lowest BCUT2D eigenvalue weighted by Gasteiger charge is -2.29. The van der Waals surface area contributed by atoms with Gasteiger partial charge in [0.15, 0.2) is 11.6 Å². The zero-order valence-electron chi connectivity index (χ0n) is 19.4. The van der Waals surface area contributed by atoms with Crippen LogP contribution in [0.1, 0.15) is 82.4 Å². The Morgan fingerprint density at radius 3 is 2.34 bits per heavy atom. The van der Waals surface area contributed by atoms with Gasteiger partial charge in [-0.2, -0.15) is 4.39 Å². The van der Waals surface area contributed by atoms with E-state index in [1.807, 2.05) is 31.2 Å². The molecule has 0 aliphatic carbocycles. The number of ether oxygens (including phenoxy) is 3. The van der Waals surface area contributed by atoms with Gasteiger partial charge in [0, 0.05) is 5.56 Å². The Labute approximate surface area is 191 Å². The zero-order valence-corrected chi connectivity index (χ0v) is 19.4. The maximum Gasteiger partial charge on any atom is 0.201 e. The summed E-state index contributed by atoms with van der Waals surface area (Å²) in [6.07, 6.45) is 9.20. The van der Waals surface area contributed by atoms with Gasteiger partial charge in [-0.05, 0) is 61.4 Å². The highest BCUT2D eigenvalue weighted by Gasteiger charge is 2.22. The number of halogens is 2. The third-order valence-electron chi connectivity index (χ3n) is 6.11. The van der Waals surface area contributed by atoms with E-state index in [1.165, 1.54) is 44.2 Å². The van der Waals surface area contributed by atoms with Crippen molar-refractivity contribution in [3.05, 3.63) is 59.2 Å². The van der Waals surface area contributed by atoms with Crippen molar-refractivity contribution in [3.63, 3.8) is 0 Å². The Kier molecular flexibility index (Phi) is 9.79. The zero-order chi connectivity index (χ0) is 22.8. The number of rotatable bonds is 12. The van der Waals surface area contributed by atoms with Crippen molar-refractivity contribution < 1.29 is 23.0 Å². The summed E-state index contributed by atoms with van der Waals surface area (Å²) in [6, 6.07) is 10.7. The van der Waals surface area contributed by atoms with Gasteiger partial charge in [-0.25, -0.2) is 4.39 Å². The van der Waals surface area contributed by atoms with Crippen molar-refractivity contribution in [1.29, 1.82) is 0 Å². The third-order valence-corrected chi connectivity index (χ3v) is 6.11. The minimum atomic E-state index is -0.958. The topological polar surface area (TPSA) is 27.7 Å². The van der Waals surface area contributed by atoms with Crippen LogP contribution in [0.3, 0.4) is 0 Å². The van der Waals surface area contributed by atoms with E-state index in [2.05, 4.69) is 6.92 Å². The molecule has 0 saturated carbocycles. The molecule has 1 aliphatic rings. The minimum Gasteiger partial charge on any atom is -0.490 e. The summed E-state index contributed by atoms with van der Waals surface area (Å²) in [4.78, 5) is 0. The van der Waals surface area contributed by atoms with Crippen molar-refractivity contribution in [2.45, 2.75) is 77.9 Å². The molecule has 0 spiro atoms. The molecular weight excluding hydrogens is 410 g/mol. The normalized spacial score (nSPS) is 18.5. The van der Waals surface area contributed by atoms with Crippen molar-refractivity contribution >= 4 is 0 Å². The summed E-state index contributed by atoms with van der Waals surface area (Å²) in [7, 11) is 0. The lowest BCUT2D eigenvalue weighted by atomic mass is 9.91. The second kappa shape index (κ2) is 12.8. The lowest BCUT2D eigenvalue weighted by molar-refractivity contribution is -0.0199. The molecule has 2 aromatic carbocycles. The average molecular weight is 447 g/mol. The summed E-state index contributed by atoms with van der Waals surface area (Å²) in [5, 5.41) is 0. The smallest absolute Gasteiger partial charge is 0.201 e. The van der Waals surface area contributed by atoms with Crippen molar-refractivity contribution in [2.75, 3.05) is 13.2 Å². The number of unbranched alkanes of at least 4 members (excludes halogenated alkanes) is 3. The van der Waals surface area contributed by atoms with Crippen molar-refractivity contribution in [2.24, 2.45) is 5.92 Å². The van der Waals surface area contributed by atoms with Gasteiger partial charge in [-0.1, -0.05) is 51.7 Å². The van der Waals surface area contributed by atoms with Gasteiger partial charge in [0.05, 0.1) is 19.3 Å². The fourth-order valence-corrected chi connectivity index (χ4v) is 4.04. The number of hydrogen-bond acceptors (Lipinski definition) is 3. The molecule has 0 radical (unpaired) electrons. The first-order valence-corrected chi connectivity index (χ1v) is 12.1. The summed E-state index contributed by atoms with van der Waals surface area (Å²) < 4.78 is 45.7. The van der Waals surface area contributed by atoms with Gasteiger partial charge in [0.25, 0.3) is 0 Å². The first-order chi connectivity index (χ1) is 15.6. The van der Waals surface area contributed by atoms with Crippen molar-refractivity contribution in [3.8, 4) is 11.5 Å². The number of hydrogen-bond donors (Lipinski definition) is 0. The summed E-state index contributed by atoms with van der Waals surface area (Å²) in [5.74, 6) is -0.631. The van der Waals surface area contributed by atoms with E-state index in [4.69, 9.17) is 14.2 Å². The average Bonchev–Trinajstić information content (AvgIpc) is 2.82. The van der Waals surface area contributed by atoms with Gasteiger partial charge < -0.3 is 14.2 Å². The van der Waals surface area contributed by atoms with E-state index in [0.29, 0.717) is 18.3 Å². The van der Waals surface area contributed by atoms with Crippen LogP contribution in [-0.4, -0.2) is 13.2 Å². The van der Waals surface area contributed by atoms with Crippen LogP contribution in [0.4, 0.5) is 8.78 Å². The van der Waals surface area contributed by atoms with E-state index in [1.54, 1.807) is 0 Å². The van der Waals surface area contributed by atoms with Crippen molar-refractivity contribution in [1.82, 2.24) is 0 Å². The summed E-state index contributed by atoms with van der Waals surface area (Å²) in [6.45, 7) is 5.40.